The van der Waals surface area contributed by atoms with Gasteiger partial charge in [0.05, 0.1) is 5.69 Å². The number of rotatable bonds is 3. The van der Waals surface area contributed by atoms with Gasteiger partial charge in [-0.1, -0.05) is 19.9 Å². The number of hydrogen-bond acceptors (Lipinski definition) is 3. The van der Waals surface area contributed by atoms with Crippen molar-refractivity contribution in [2.45, 2.75) is 32.6 Å². The van der Waals surface area contributed by atoms with Crippen LogP contribution in [0.4, 0.5) is 0 Å². The van der Waals surface area contributed by atoms with Crippen LogP contribution >= 0.6 is 0 Å². The standard InChI is InChI=1S/C15H16N4O/c1-9(2)13-12(6-5-10-3-4-10)18-14-11(7-16)8-17-19(14)15(13)20/h5-6,8-10,17H,3-4H2,1-2H3/b6-5+. The van der Waals surface area contributed by atoms with Crippen molar-refractivity contribution in [2.75, 3.05) is 0 Å². The topological polar surface area (TPSA) is 73.9 Å². The van der Waals surface area contributed by atoms with Crippen molar-refractivity contribution in [3.63, 3.8) is 0 Å². The molecule has 0 saturated heterocycles. The Balaban J connectivity index is 2.26. The molecule has 0 unspecified atom stereocenters. The Labute approximate surface area is 116 Å². The maximum atomic E-state index is 12.5. The summed E-state index contributed by atoms with van der Waals surface area (Å²) >= 11 is 0. The number of nitrogens with one attached hydrogen (secondary N) is 1. The van der Waals surface area contributed by atoms with Gasteiger partial charge in [-0.2, -0.15) is 5.26 Å². The maximum absolute atomic E-state index is 12.5. The third-order valence-electron chi connectivity index (χ3n) is 3.57. The van der Waals surface area contributed by atoms with Crippen LogP contribution in [0.2, 0.25) is 0 Å². The molecule has 1 aliphatic carbocycles. The Kier molecular flexibility index (Phi) is 2.94. The van der Waals surface area contributed by atoms with Gasteiger partial charge in [0.15, 0.2) is 5.65 Å². The van der Waals surface area contributed by atoms with Crippen molar-refractivity contribution in [1.29, 1.82) is 5.26 Å². The first-order chi connectivity index (χ1) is 9.61. The maximum Gasteiger partial charge on any atom is 0.276 e. The summed E-state index contributed by atoms with van der Waals surface area (Å²) in [5, 5.41) is 11.9. The number of H-pyrrole nitrogens is 1. The molecule has 0 radical (unpaired) electrons. The first-order valence-corrected chi connectivity index (χ1v) is 6.84. The summed E-state index contributed by atoms with van der Waals surface area (Å²) < 4.78 is 1.35. The third-order valence-corrected chi connectivity index (χ3v) is 3.57. The lowest BCUT2D eigenvalue weighted by Gasteiger charge is -2.08. The average Bonchev–Trinajstić information content (AvgIpc) is 3.14. The Hall–Kier alpha value is -2.35. The lowest BCUT2D eigenvalue weighted by atomic mass is 10.0. The van der Waals surface area contributed by atoms with Gasteiger partial charge >= 0.3 is 0 Å². The molecule has 5 heteroatoms. The van der Waals surface area contributed by atoms with Gasteiger partial charge in [-0.05, 0) is 30.8 Å². The molecule has 1 saturated carbocycles. The molecule has 0 amide bonds. The highest BCUT2D eigenvalue weighted by Crippen LogP contribution is 2.31. The zero-order valence-corrected chi connectivity index (χ0v) is 11.6. The van der Waals surface area contributed by atoms with E-state index in [0.717, 1.165) is 0 Å². The molecular weight excluding hydrogens is 252 g/mol. The van der Waals surface area contributed by atoms with E-state index in [9.17, 15) is 4.79 Å². The van der Waals surface area contributed by atoms with Gasteiger partial charge in [-0.3, -0.25) is 9.89 Å². The fraction of sp³-hybridized carbons (Fsp3) is 0.400. The fourth-order valence-electron chi connectivity index (χ4n) is 2.31. The van der Waals surface area contributed by atoms with E-state index in [-0.39, 0.29) is 11.5 Å². The second-order valence-electron chi connectivity index (χ2n) is 5.53. The number of nitriles is 1. The lowest BCUT2D eigenvalue weighted by molar-refractivity contribution is 0.790. The highest BCUT2D eigenvalue weighted by molar-refractivity contribution is 5.60. The number of hydrogen-bond donors (Lipinski definition) is 1. The van der Waals surface area contributed by atoms with Crippen LogP contribution in [0.1, 0.15) is 49.4 Å². The Bertz CT molecular complexity index is 785. The number of nitrogens with zero attached hydrogens (tertiary/aromatic N) is 3. The zero-order chi connectivity index (χ0) is 14.3. The number of allylic oxidation sites excluding steroid dienone is 1. The van der Waals surface area contributed by atoms with Gasteiger partial charge < -0.3 is 0 Å². The molecule has 2 aromatic rings. The summed E-state index contributed by atoms with van der Waals surface area (Å²) in [7, 11) is 0. The number of fused-ring (bicyclic) bond motifs is 1. The van der Waals surface area contributed by atoms with E-state index in [1.54, 1.807) is 0 Å². The molecule has 3 rings (SSSR count). The Morgan fingerprint density at radius 3 is 2.90 bits per heavy atom. The molecule has 20 heavy (non-hydrogen) atoms. The minimum absolute atomic E-state index is 0.0830. The van der Waals surface area contributed by atoms with Gasteiger partial charge in [0.2, 0.25) is 0 Å². The average molecular weight is 268 g/mol. The molecule has 1 aliphatic rings. The molecule has 102 valence electrons. The van der Waals surface area contributed by atoms with Gasteiger partial charge in [-0.15, -0.1) is 0 Å². The van der Waals surface area contributed by atoms with Crippen molar-refractivity contribution in [3.05, 3.63) is 39.4 Å². The summed E-state index contributed by atoms with van der Waals surface area (Å²) in [6, 6.07) is 2.05. The summed E-state index contributed by atoms with van der Waals surface area (Å²) in [6.45, 7) is 3.96. The Morgan fingerprint density at radius 2 is 2.30 bits per heavy atom. The zero-order valence-electron chi connectivity index (χ0n) is 11.6. The first-order valence-electron chi connectivity index (χ1n) is 6.84. The minimum atomic E-state index is -0.123. The highest BCUT2D eigenvalue weighted by atomic mass is 16.1. The van der Waals surface area contributed by atoms with E-state index >= 15 is 0 Å². The molecule has 1 N–H and O–H groups in total. The van der Waals surface area contributed by atoms with Crippen LogP contribution in [0.25, 0.3) is 11.7 Å². The summed E-state index contributed by atoms with van der Waals surface area (Å²) in [4.78, 5) is 17.0. The van der Waals surface area contributed by atoms with Crippen molar-refractivity contribution >= 4 is 11.7 Å². The van der Waals surface area contributed by atoms with Gasteiger partial charge in [0.25, 0.3) is 5.56 Å². The van der Waals surface area contributed by atoms with Crippen LogP contribution in [-0.2, 0) is 0 Å². The molecule has 0 bridgehead atoms. The minimum Gasteiger partial charge on any atom is -0.295 e. The Morgan fingerprint density at radius 1 is 1.55 bits per heavy atom. The van der Waals surface area contributed by atoms with Crippen molar-refractivity contribution < 1.29 is 0 Å². The first kappa shape index (κ1) is 12.7. The van der Waals surface area contributed by atoms with E-state index in [4.69, 9.17) is 5.26 Å². The predicted octanol–water partition coefficient (Wildman–Crippen LogP) is 2.44. The number of aromatic nitrogens is 3. The molecule has 2 heterocycles. The van der Waals surface area contributed by atoms with Crippen LogP contribution < -0.4 is 5.56 Å². The molecule has 0 aliphatic heterocycles. The van der Waals surface area contributed by atoms with Crippen LogP contribution in [0.3, 0.4) is 0 Å². The molecule has 0 spiro atoms. The van der Waals surface area contributed by atoms with E-state index in [0.29, 0.717) is 28.4 Å². The second-order valence-corrected chi connectivity index (χ2v) is 5.53. The van der Waals surface area contributed by atoms with Crippen LogP contribution in [0, 0.1) is 17.2 Å². The molecule has 2 aromatic heterocycles. The summed E-state index contributed by atoms with van der Waals surface area (Å²) in [5.41, 5.74) is 2.04. The third kappa shape index (κ3) is 2.03. The molecular formula is C15H16N4O. The van der Waals surface area contributed by atoms with E-state index < -0.39 is 0 Å². The second kappa shape index (κ2) is 4.64. The monoisotopic (exact) mass is 268 g/mol. The van der Waals surface area contributed by atoms with E-state index in [1.165, 1.54) is 23.6 Å². The van der Waals surface area contributed by atoms with Crippen molar-refractivity contribution in [1.82, 2.24) is 14.6 Å². The van der Waals surface area contributed by atoms with E-state index in [1.807, 2.05) is 19.9 Å². The van der Waals surface area contributed by atoms with E-state index in [2.05, 4.69) is 22.2 Å². The van der Waals surface area contributed by atoms with Crippen LogP contribution in [-0.4, -0.2) is 14.6 Å². The molecule has 1 fully saturated rings. The highest BCUT2D eigenvalue weighted by Gasteiger charge is 2.20. The van der Waals surface area contributed by atoms with Crippen LogP contribution in [0.15, 0.2) is 17.1 Å². The molecule has 0 atom stereocenters. The normalized spacial score (nSPS) is 15.3. The largest absolute Gasteiger partial charge is 0.295 e. The molecule has 0 aromatic carbocycles. The van der Waals surface area contributed by atoms with Gasteiger partial charge in [-0.25, -0.2) is 9.50 Å². The van der Waals surface area contributed by atoms with Crippen molar-refractivity contribution in [2.24, 2.45) is 5.92 Å². The SMILES string of the molecule is CC(C)c1c(/C=C/C2CC2)nc2c(C#N)c[nH]n2c1=O. The van der Waals surface area contributed by atoms with Gasteiger partial charge in [0, 0.05) is 11.8 Å². The smallest absolute Gasteiger partial charge is 0.276 e. The summed E-state index contributed by atoms with van der Waals surface area (Å²) in [5.74, 6) is 0.705. The van der Waals surface area contributed by atoms with Gasteiger partial charge in [0.1, 0.15) is 11.6 Å². The fourth-order valence-corrected chi connectivity index (χ4v) is 2.31. The summed E-state index contributed by atoms with van der Waals surface area (Å²) in [6.07, 6.45) is 7.98. The predicted molar refractivity (Wildman–Crippen MR) is 76.4 cm³/mol. The number of aromatic amines is 1. The quantitative estimate of drug-likeness (QED) is 0.929. The van der Waals surface area contributed by atoms with Crippen molar-refractivity contribution in [3.8, 4) is 6.07 Å². The molecule has 5 nitrogen and oxygen atoms in total. The lowest BCUT2D eigenvalue weighted by Crippen LogP contribution is -2.22. The van der Waals surface area contributed by atoms with Crippen LogP contribution in [0.5, 0.6) is 0 Å².